The van der Waals surface area contributed by atoms with Crippen molar-refractivity contribution < 1.29 is 4.74 Å². The van der Waals surface area contributed by atoms with Crippen molar-refractivity contribution in [1.29, 1.82) is 5.26 Å². The fourth-order valence-electron chi connectivity index (χ4n) is 1.54. The predicted octanol–water partition coefficient (Wildman–Crippen LogP) is 2.57. The molecule has 0 saturated heterocycles. The lowest BCUT2D eigenvalue weighted by molar-refractivity contribution is 0.293. The van der Waals surface area contributed by atoms with E-state index in [1.165, 1.54) is 0 Å². The number of nitriles is 1. The van der Waals surface area contributed by atoms with Crippen LogP contribution in [0.1, 0.15) is 11.4 Å². The van der Waals surface area contributed by atoms with Crippen LogP contribution in [0.25, 0.3) is 0 Å². The number of allylic oxidation sites excluding steroid dienone is 1. The predicted molar refractivity (Wildman–Crippen MR) is 70.7 cm³/mol. The molecule has 0 aliphatic heterocycles. The fourth-order valence-corrected chi connectivity index (χ4v) is 1.73. The Hall–Kier alpha value is -2.32. The van der Waals surface area contributed by atoms with Crippen LogP contribution in [0.5, 0.6) is 5.75 Å². The van der Waals surface area contributed by atoms with Gasteiger partial charge in [-0.15, -0.1) is 11.7 Å². The first kappa shape index (κ1) is 13.1. The largest absolute Gasteiger partial charge is 0.486 e. The molecule has 0 unspecified atom stereocenters. The first-order valence-corrected chi connectivity index (χ1v) is 5.94. The van der Waals surface area contributed by atoms with Crippen molar-refractivity contribution >= 4 is 11.6 Å². The number of rotatable bonds is 5. The number of aromatic nitrogens is 3. The van der Waals surface area contributed by atoms with Crippen molar-refractivity contribution in [3.63, 3.8) is 0 Å². The van der Waals surface area contributed by atoms with Gasteiger partial charge in [-0.3, -0.25) is 0 Å². The zero-order chi connectivity index (χ0) is 13.7. The van der Waals surface area contributed by atoms with Gasteiger partial charge < -0.3 is 4.74 Å². The average molecular weight is 275 g/mol. The minimum Gasteiger partial charge on any atom is -0.486 e. The van der Waals surface area contributed by atoms with Crippen molar-refractivity contribution in [3.8, 4) is 11.8 Å². The summed E-state index contributed by atoms with van der Waals surface area (Å²) in [5.74, 6) is 0.555. The highest BCUT2D eigenvalue weighted by atomic mass is 35.5. The number of hydrogen-bond donors (Lipinski definition) is 0. The van der Waals surface area contributed by atoms with Crippen LogP contribution in [0.3, 0.4) is 0 Å². The second-order valence-electron chi connectivity index (χ2n) is 3.69. The highest BCUT2D eigenvalue weighted by Gasteiger charge is 2.13. The summed E-state index contributed by atoms with van der Waals surface area (Å²) >= 11 is 5.99. The van der Waals surface area contributed by atoms with Crippen molar-refractivity contribution in [2.75, 3.05) is 0 Å². The third-order valence-corrected chi connectivity index (χ3v) is 2.76. The summed E-state index contributed by atoms with van der Waals surface area (Å²) in [7, 11) is 0. The van der Waals surface area contributed by atoms with Gasteiger partial charge in [0.15, 0.2) is 5.69 Å². The Morgan fingerprint density at radius 2 is 2.26 bits per heavy atom. The molecule has 1 heterocycles. The second kappa shape index (κ2) is 6.03. The molecule has 0 bridgehead atoms. The molecule has 0 radical (unpaired) electrons. The molecule has 0 amide bonds. The minimum atomic E-state index is 0.174. The molecule has 19 heavy (non-hydrogen) atoms. The Bertz CT molecular complexity index is 630. The van der Waals surface area contributed by atoms with Gasteiger partial charge in [0.1, 0.15) is 24.1 Å². The third-order valence-electron chi connectivity index (χ3n) is 2.45. The Balaban J connectivity index is 2.19. The molecule has 0 spiro atoms. The fraction of sp³-hybridized carbons (Fsp3) is 0.154. The molecule has 2 aromatic rings. The van der Waals surface area contributed by atoms with E-state index in [9.17, 15) is 0 Å². The van der Waals surface area contributed by atoms with Crippen molar-refractivity contribution in [2.24, 2.45) is 0 Å². The van der Waals surface area contributed by atoms with Crippen LogP contribution in [-0.4, -0.2) is 15.0 Å². The van der Waals surface area contributed by atoms with E-state index in [4.69, 9.17) is 21.6 Å². The summed E-state index contributed by atoms with van der Waals surface area (Å²) in [6.07, 6.45) is 1.68. The molecule has 0 aliphatic carbocycles. The second-order valence-corrected chi connectivity index (χ2v) is 4.09. The molecule has 0 fully saturated rings. The smallest absolute Gasteiger partial charge is 0.189 e. The highest BCUT2D eigenvalue weighted by Crippen LogP contribution is 2.24. The van der Waals surface area contributed by atoms with E-state index < -0.39 is 0 Å². The van der Waals surface area contributed by atoms with Crippen LogP contribution >= 0.6 is 11.6 Å². The van der Waals surface area contributed by atoms with Crippen molar-refractivity contribution in [2.45, 2.75) is 13.2 Å². The van der Waals surface area contributed by atoms with Crippen molar-refractivity contribution in [1.82, 2.24) is 15.0 Å². The van der Waals surface area contributed by atoms with Gasteiger partial charge in [0, 0.05) is 0 Å². The van der Waals surface area contributed by atoms with Crippen LogP contribution in [0.15, 0.2) is 36.9 Å². The number of para-hydroxylation sites is 1. The standard InChI is InChI=1S/C13H11ClN4O/c1-2-7-18-12(11(8-15)16-17-18)9-19-13-6-4-3-5-10(13)14/h2-6H,1,7,9H2. The van der Waals surface area contributed by atoms with Gasteiger partial charge in [0.2, 0.25) is 0 Å². The average Bonchev–Trinajstić information content (AvgIpc) is 2.80. The summed E-state index contributed by atoms with van der Waals surface area (Å²) in [4.78, 5) is 0. The van der Waals surface area contributed by atoms with Crippen LogP contribution in [0.4, 0.5) is 0 Å². The lowest BCUT2D eigenvalue weighted by Gasteiger charge is -2.08. The third kappa shape index (κ3) is 2.92. The van der Waals surface area contributed by atoms with Crippen LogP contribution in [0.2, 0.25) is 5.02 Å². The zero-order valence-electron chi connectivity index (χ0n) is 10.1. The molecule has 5 nitrogen and oxygen atoms in total. The Morgan fingerprint density at radius 3 is 2.95 bits per heavy atom. The van der Waals surface area contributed by atoms with E-state index in [0.717, 1.165) is 0 Å². The molecule has 2 rings (SSSR count). The molecule has 6 heteroatoms. The summed E-state index contributed by atoms with van der Waals surface area (Å²) in [5.41, 5.74) is 0.844. The number of halogens is 1. The molecule has 0 aliphatic rings. The summed E-state index contributed by atoms with van der Waals surface area (Å²) in [6, 6.07) is 9.12. The molecule has 96 valence electrons. The summed E-state index contributed by atoms with van der Waals surface area (Å²) in [6.45, 7) is 4.27. The first-order chi connectivity index (χ1) is 9.26. The van der Waals surface area contributed by atoms with Gasteiger partial charge in [-0.1, -0.05) is 35.0 Å². The number of ether oxygens (including phenoxy) is 1. The van der Waals surface area contributed by atoms with E-state index in [1.54, 1.807) is 22.9 Å². The van der Waals surface area contributed by atoms with E-state index in [1.807, 2.05) is 18.2 Å². The maximum Gasteiger partial charge on any atom is 0.189 e. The number of nitrogens with zero attached hydrogens (tertiary/aromatic N) is 4. The quantitative estimate of drug-likeness (QED) is 0.786. The van der Waals surface area contributed by atoms with E-state index in [2.05, 4.69) is 16.9 Å². The minimum absolute atomic E-state index is 0.174. The molecule has 0 saturated carbocycles. The van der Waals surface area contributed by atoms with Gasteiger partial charge in [0.05, 0.1) is 11.6 Å². The molecule has 1 aromatic heterocycles. The number of benzene rings is 1. The van der Waals surface area contributed by atoms with Gasteiger partial charge in [-0.2, -0.15) is 5.26 Å². The van der Waals surface area contributed by atoms with Crippen LogP contribution in [0, 0.1) is 11.3 Å². The van der Waals surface area contributed by atoms with Crippen molar-refractivity contribution in [3.05, 3.63) is 53.3 Å². The van der Waals surface area contributed by atoms with E-state index in [-0.39, 0.29) is 12.3 Å². The lowest BCUT2D eigenvalue weighted by atomic mass is 10.3. The maximum atomic E-state index is 8.98. The van der Waals surface area contributed by atoms with Gasteiger partial charge in [-0.25, -0.2) is 4.68 Å². The normalized spacial score (nSPS) is 9.89. The molecule has 0 atom stereocenters. The topological polar surface area (TPSA) is 63.7 Å². The van der Waals surface area contributed by atoms with Gasteiger partial charge >= 0.3 is 0 Å². The molecular weight excluding hydrogens is 264 g/mol. The summed E-state index contributed by atoms with van der Waals surface area (Å²) in [5, 5.41) is 17.1. The maximum absolute atomic E-state index is 8.98. The molecule has 1 aromatic carbocycles. The Labute approximate surface area is 115 Å². The van der Waals surface area contributed by atoms with Crippen LogP contribution in [-0.2, 0) is 13.2 Å². The van der Waals surface area contributed by atoms with E-state index >= 15 is 0 Å². The SMILES string of the molecule is C=CCn1nnc(C#N)c1COc1ccccc1Cl. The van der Waals surface area contributed by atoms with Gasteiger partial charge in [-0.05, 0) is 12.1 Å². The highest BCUT2D eigenvalue weighted by molar-refractivity contribution is 6.32. The zero-order valence-corrected chi connectivity index (χ0v) is 10.8. The first-order valence-electron chi connectivity index (χ1n) is 5.57. The molecular formula is C13H11ClN4O. The molecule has 0 N–H and O–H groups in total. The Kier molecular flexibility index (Phi) is 4.16. The lowest BCUT2D eigenvalue weighted by Crippen LogP contribution is -2.08. The monoisotopic (exact) mass is 274 g/mol. The van der Waals surface area contributed by atoms with Gasteiger partial charge in [0.25, 0.3) is 0 Å². The number of hydrogen-bond acceptors (Lipinski definition) is 4. The Morgan fingerprint density at radius 1 is 1.47 bits per heavy atom. The van der Waals surface area contributed by atoms with Crippen LogP contribution < -0.4 is 4.74 Å². The van der Waals surface area contributed by atoms with E-state index in [0.29, 0.717) is 23.0 Å². The summed E-state index contributed by atoms with van der Waals surface area (Å²) < 4.78 is 7.16.